The van der Waals surface area contributed by atoms with Gasteiger partial charge in [0.1, 0.15) is 19.0 Å². The number of rotatable bonds is 6. The molecule has 28 heavy (non-hydrogen) atoms. The third kappa shape index (κ3) is 3.99. The third-order valence-electron chi connectivity index (χ3n) is 5.26. The number of benzene rings is 1. The lowest BCUT2D eigenvalue weighted by Crippen LogP contribution is -3.14. The van der Waals surface area contributed by atoms with Gasteiger partial charge >= 0.3 is 0 Å². The molecule has 0 radical (unpaired) electrons. The molecule has 2 aliphatic rings. The smallest absolute Gasteiger partial charge is 0.264 e. The van der Waals surface area contributed by atoms with E-state index in [4.69, 9.17) is 4.74 Å². The maximum Gasteiger partial charge on any atom is 0.264 e. The number of morpholine rings is 1. The molecular weight excluding hydrogens is 374 g/mol. The van der Waals surface area contributed by atoms with Gasteiger partial charge in [0.05, 0.1) is 35.7 Å². The minimum atomic E-state index is -0.372. The fraction of sp³-hybridized carbons (Fsp3) is 0.500. The van der Waals surface area contributed by atoms with E-state index in [1.54, 1.807) is 4.90 Å². The molecule has 1 atom stereocenters. The van der Waals surface area contributed by atoms with Crippen LogP contribution in [-0.4, -0.2) is 61.7 Å². The van der Waals surface area contributed by atoms with Gasteiger partial charge in [-0.25, -0.2) is 4.98 Å². The average Bonchev–Trinajstić information content (AvgIpc) is 3.26. The Hall–Kier alpha value is -2.16. The van der Waals surface area contributed by atoms with Crippen LogP contribution in [-0.2, 0) is 9.53 Å². The number of aromatic nitrogens is 1. The van der Waals surface area contributed by atoms with Crippen molar-refractivity contribution in [3.05, 3.63) is 24.3 Å². The highest BCUT2D eigenvalue weighted by molar-refractivity contribution is 7.22. The quantitative estimate of drug-likeness (QED) is 0.589. The summed E-state index contributed by atoms with van der Waals surface area (Å²) in [6.07, 6.45) is 1.02. The molecule has 0 aliphatic carbocycles. The third-order valence-corrected chi connectivity index (χ3v) is 6.27. The summed E-state index contributed by atoms with van der Waals surface area (Å²) in [5.41, 5.74) is 2.51. The van der Waals surface area contributed by atoms with Gasteiger partial charge in [-0.15, -0.1) is 0 Å². The number of hydrogen-bond acceptors (Lipinski definition) is 6. The normalized spacial score (nSPS) is 21.6. The Bertz CT molecular complexity index is 883. The van der Waals surface area contributed by atoms with Gasteiger partial charge in [0.2, 0.25) is 5.13 Å². The van der Waals surface area contributed by atoms with Crippen LogP contribution in [0.25, 0.3) is 10.2 Å². The van der Waals surface area contributed by atoms with Gasteiger partial charge < -0.3 is 9.64 Å². The molecule has 3 heterocycles. The van der Waals surface area contributed by atoms with Crippen molar-refractivity contribution in [2.75, 3.05) is 44.4 Å². The second-order valence-electron chi connectivity index (χ2n) is 7.28. The number of ether oxygens (including phenoxy) is 1. The predicted molar refractivity (Wildman–Crippen MR) is 113 cm³/mol. The van der Waals surface area contributed by atoms with Gasteiger partial charge in [0.25, 0.3) is 5.91 Å². The van der Waals surface area contributed by atoms with Crippen molar-refractivity contribution in [3.8, 4) is 0 Å². The minimum Gasteiger partial charge on any atom is -0.370 e. The molecule has 1 fully saturated rings. The molecule has 7 nitrogen and oxygen atoms in total. The van der Waals surface area contributed by atoms with Crippen molar-refractivity contribution in [3.63, 3.8) is 0 Å². The molecule has 1 N–H and O–H groups in total. The summed E-state index contributed by atoms with van der Waals surface area (Å²) < 4.78 is 6.45. The van der Waals surface area contributed by atoms with E-state index in [2.05, 4.69) is 15.1 Å². The van der Waals surface area contributed by atoms with Gasteiger partial charge in [-0.3, -0.25) is 9.79 Å². The molecule has 148 valence electrons. The molecule has 0 saturated carbocycles. The van der Waals surface area contributed by atoms with E-state index >= 15 is 0 Å². The topological polar surface area (TPSA) is 71.6 Å². The molecule has 4 rings (SSSR count). The fourth-order valence-electron chi connectivity index (χ4n) is 3.72. The number of fused-ring (bicyclic) bond motifs is 1. The molecule has 2 aliphatic heterocycles. The monoisotopic (exact) mass is 400 g/mol. The van der Waals surface area contributed by atoms with Gasteiger partial charge in [0.15, 0.2) is 0 Å². The Kier molecular flexibility index (Phi) is 5.79. The maximum absolute atomic E-state index is 13.0. The number of carbonyl (C=O) groups excluding carboxylic acids is 1. The summed E-state index contributed by atoms with van der Waals surface area (Å²) in [6, 6.07) is 7.88. The summed E-state index contributed by atoms with van der Waals surface area (Å²) >= 11 is 1.49. The van der Waals surface area contributed by atoms with Crippen molar-refractivity contribution in [2.45, 2.75) is 20.3 Å². The van der Waals surface area contributed by atoms with Crippen molar-refractivity contribution in [2.24, 2.45) is 16.0 Å². The zero-order valence-electron chi connectivity index (χ0n) is 16.4. The molecular formula is C20H26N5O2S+. The summed E-state index contributed by atoms with van der Waals surface area (Å²) in [5.74, 6) is -0.431. The number of hydrazone groups is 1. The first kappa shape index (κ1) is 19.2. The lowest BCUT2D eigenvalue weighted by Gasteiger charge is -2.23. The molecule has 0 spiro atoms. The van der Waals surface area contributed by atoms with Crippen LogP contribution in [0.4, 0.5) is 5.13 Å². The van der Waals surface area contributed by atoms with Crippen LogP contribution in [0.5, 0.6) is 0 Å². The number of thiazole rings is 1. The van der Waals surface area contributed by atoms with Crippen LogP contribution in [0.1, 0.15) is 20.3 Å². The fourth-order valence-corrected chi connectivity index (χ4v) is 4.64. The number of nitrogens with zero attached hydrogens (tertiary/aromatic N) is 4. The van der Waals surface area contributed by atoms with Crippen LogP contribution in [0.3, 0.4) is 0 Å². The van der Waals surface area contributed by atoms with Gasteiger partial charge in [-0.2, -0.15) is 10.1 Å². The molecule has 8 heteroatoms. The number of anilines is 1. The highest BCUT2D eigenvalue weighted by Crippen LogP contribution is 2.32. The Morgan fingerprint density at radius 2 is 2.14 bits per heavy atom. The molecule has 1 aromatic heterocycles. The van der Waals surface area contributed by atoms with Crippen molar-refractivity contribution < 1.29 is 14.4 Å². The predicted octanol–water partition coefficient (Wildman–Crippen LogP) is 1.40. The van der Waals surface area contributed by atoms with Crippen LogP contribution in [0.15, 0.2) is 34.4 Å². The van der Waals surface area contributed by atoms with E-state index in [9.17, 15) is 4.79 Å². The lowest BCUT2D eigenvalue weighted by atomic mass is 9.99. The minimum absolute atomic E-state index is 0.0587. The SMILES string of the molecule is CC(=NCCC[NH+]1CCOCC1)[C@H]1C(=O)N(c2nc3ccccc3s2)N=C1C. The molecule has 1 aromatic carbocycles. The van der Waals surface area contributed by atoms with Crippen molar-refractivity contribution >= 4 is 44.0 Å². The standard InChI is InChI=1S/C20H25N5O2S/c1-14(21-8-5-9-24-10-12-27-13-11-24)18-15(2)23-25(19(18)26)20-22-16-6-3-4-7-17(16)28-20/h3-4,6-7,18H,5,8-13H2,1-2H3/p+1/t18-/m1/s1. The number of carbonyl (C=O) groups is 1. The zero-order valence-corrected chi connectivity index (χ0v) is 17.2. The first-order chi connectivity index (χ1) is 13.6. The van der Waals surface area contributed by atoms with Gasteiger partial charge in [-0.1, -0.05) is 23.5 Å². The number of quaternary nitrogens is 1. The van der Waals surface area contributed by atoms with Crippen LogP contribution < -0.4 is 9.91 Å². The summed E-state index contributed by atoms with van der Waals surface area (Å²) in [4.78, 5) is 23.8. The Labute approximate surface area is 168 Å². The average molecular weight is 401 g/mol. The zero-order chi connectivity index (χ0) is 19.5. The van der Waals surface area contributed by atoms with Gasteiger partial charge in [0, 0.05) is 18.7 Å². The number of nitrogens with one attached hydrogen (secondary N) is 1. The Morgan fingerprint density at radius 1 is 1.36 bits per heavy atom. The number of para-hydroxylation sites is 1. The molecule has 2 aromatic rings. The van der Waals surface area contributed by atoms with Crippen LogP contribution >= 0.6 is 11.3 Å². The van der Waals surface area contributed by atoms with Crippen molar-refractivity contribution in [1.82, 2.24) is 4.98 Å². The van der Waals surface area contributed by atoms with E-state index < -0.39 is 0 Å². The highest BCUT2D eigenvalue weighted by Gasteiger charge is 2.37. The van der Waals surface area contributed by atoms with Crippen molar-refractivity contribution in [1.29, 1.82) is 0 Å². The van der Waals surface area contributed by atoms with Crippen LogP contribution in [0, 0.1) is 5.92 Å². The summed E-state index contributed by atoms with van der Waals surface area (Å²) in [7, 11) is 0. The summed E-state index contributed by atoms with van der Waals surface area (Å²) in [5, 5.41) is 6.56. The van der Waals surface area contributed by atoms with E-state index in [-0.39, 0.29) is 11.8 Å². The number of aliphatic imine (C=N–C) groups is 1. The second-order valence-corrected chi connectivity index (χ2v) is 8.29. The van der Waals surface area contributed by atoms with Crippen LogP contribution in [0.2, 0.25) is 0 Å². The number of amides is 1. The Morgan fingerprint density at radius 3 is 2.93 bits per heavy atom. The molecule has 1 amide bonds. The first-order valence-corrected chi connectivity index (χ1v) is 10.6. The molecule has 0 unspecified atom stereocenters. The van der Waals surface area contributed by atoms with Gasteiger partial charge in [-0.05, 0) is 26.0 Å². The summed E-state index contributed by atoms with van der Waals surface area (Å²) in [6.45, 7) is 9.53. The van der Waals surface area contributed by atoms with E-state index in [0.717, 1.165) is 67.5 Å². The molecule has 0 bridgehead atoms. The number of hydrogen-bond donors (Lipinski definition) is 1. The van der Waals surface area contributed by atoms with E-state index in [1.807, 2.05) is 38.1 Å². The lowest BCUT2D eigenvalue weighted by molar-refractivity contribution is -0.908. The van der Waals surface area contributed by atoms with E-state index in [1.165, 1.54) is 16.3 Å². The van der Waals surface area contributed by atoms with E-state index in [0.29, 0.717) is 5.13 Å². The molecule has 1 saturated heterocycles. The Balaban J connectivity index is 1.39. The largest absolute Gasteiger partial charge is 0.370 e. The second kappa shape index (κ2) is 8.46. The highest BCUT2D eigenvalue weighted by atomic mass is 32.1. The maximum atomic E-state index is 13.0. The first-order valence-electron chi connectivity index (χ1n) is 9.80.